The van der Waals surface area contributed by atoms with E-state index >= 15 is 0 Å². The smallest absolute Gasteiger partial charge is 0.317 e. The lowest BCUT2D eigenvalue weighted by molar-refractivity contribution is 0.164. The van der Waals surface area contributed by atoms with Crippen LogP contribution in [-0.2, 0) is 13.0 Å². The summed E-state index contributed by atoms with van der Waals surface area (Å²) >= 11 is 0. The van der Waals surface area contributed by atoms with Crippen LogP contribution >= 0.6 is 0 Å². The number of benzene rings is 2. The summed E-state index contributed by atoms with van der Waals surface area (Å²) < 4.78 is 5.60. The summed E-state index contributed by atoms with van der Waals surface area (Å²) in [4.78, 5) is 22.1. The molecule has 0 radical (unpaired) electrons. The van der Waals surface area contributed by atoms with Gasteiger partial charge >= 0.3 is 6.03 Å². The Kier molecular flexibility index (Phi) is 8.78. The standard InChI is InChI=1S/C33H40N6O2/c1-4-24-13-15-39(21-29(24)30(35)16-23-11-12-32-31(17-23)36-22(3)41-32)33(40)37-27-10-7-14-38(20-27)19-26-9-6-8-25(18-34)28(26)5-2/h5-6,8-9,11-12,17-18,27,34-35H,2,4,7,10,13-16,19-21H2,1,3H3,(H,37,40)/t27-/m1/s1. The molecular weight excluding hydrogens is 512 g/mol. The first-order valence-electron chi connectivity index (χ1n) is 14.6. The molecule has 3 heterocycles. The molecular formula is C33H40N6O2. The highest BCUT2D eigenvalue weighted by Crippen LogP contribution is 2.25. The SMILES string of the molecule is C=Cc1c(C=N)cccc1CN1CCC[C@@H](NC(=O)N2CCC(CC)=C(C(=N)Cc3ccc4oc(C)nc4c3)C2)C1. The number of nitrogens with one attached hydrogen (secondary N) is 3. The van der Waals surface area contributed by atoms with E-state index < -0.39 is 0 Å². The Morgan fingerprint density at radius 2 is 2.12 bits per heavy atom. The fourth-order valence-corrected chi connectivity index (χ4v) is 6.15. The molecule has 5 rings (SSSR count). The highest BCUT2D eigenvalue weighted by atomic mass is 16.3. The number of carbonyl (C=O) groups is 1. The average Bonchev–Trinajstić information content (AvgIpc) is 3.36. The topological polar surface area (TPSA) is 109 Å². The first-order valence-corrected chi connectivity index (χ1v) is 14.6. The van der Waals surface area contributed by atoms with Crippen molar-refractivity contribution in [3.63, 3.8) is 0 Å². The molecule has 3 N–H and O–H groups in total. The molecule has 8 heteroatoms. The predicted molar refractivity (Wildman–Crippen MR) is 165 cm³/mol. The maximum atomic E-state index is 13.4. The van der Waals surface area contributed by atoms with Crippen LogP contribution in [0.5, 0.6) is 0 Å². The van der Waals surface area contributed by atoms with E-state index in [1.165, 1.54) is 11.8 Å². The zero-order chi connectivity index (χ0) is 28.9. The van der Waals surface area contributed by atoms with Crippen molar-refractivity contribution in [2.24, 2.45) is 0 Å². The monoisotopic (exact) mass is 552 g/mol. The van der Waals surface area contributed by atoms with E-state index in [9.17, 15) is 4.79 Å². The van der Waals surface area contributed by atoms with Gasteiger partial charge in [0.1, 0.15) is 5.52 Å². The van der Waals surface area contributed by atoms with Crippen LogP contribution in [0.1, 0.15) is 60.8 Å². The molecule has 214 valence electrons. The molecule has 1 saturated heterocycles. The molecule has 2 aromatic carbocycles. The Balaban J connectivity index is 1.21. The van der Waals surface area contributed by atoms with Crippen LogP contribution < -0.4 is 5.32 Å². The quantitative estimate of drug-likeness (QED) is 0.278. The second-order valence-electron chi connectivity index (χ2n) is 11.1. The molecule has 2 aliphatic heterocycles. The Hall–Kier alpha value is -4.04. The number of fused-ring (bicyclic) bond motifs is 1. The number of carbonyl (C=O) groups excluding carboxylic acids is 1. The molecule has 0 bridgehead atoms. The molecule has 2 amide bonds. The first kappa shape index (κ1) is 28.5. The number of likely N-dealkylation sites (tertiary alicyclic amines) is 1. The summed E-state index contributed by atoms with van der Waals surface area (Å²) in [5.41, 5.74) is 8.44. The van der Waals surface area contributed by atoms with E-state index in [1.807, 2.05) is 48.2 Å². The molecule has 2 aliphatic rings. The van der Waals surface area contributed by atoms with Crippen LogP contribution in [0.25, 0.3) is 17.2 Å². The van der Waals surface area contributed by atoms with Crippen molar-refractivity contribution >= 4 is 35.1 Å². The number of aryl methyl sites for hydroxylation is 1. The fraction of sp³-hybridized carbons (Fsp3) is 0.394. The molecule has 1 fully saturated rings. The van der Waals surface area contributed by atoms with Crippen LogP contribution in [0.2, 0.25) is 0 Å². The number of amides is 2. The van der Waals surface area contributed by atoms with Crippen LogP contribution in [0, 0.1) is 17.7 Å². The zero-order valence-corrected chi connectivity index (χ0v) is 24.1. The third kappa shape index (κ3) is 6.49. The summed E-state index contributed by atoms with van der Waals surface area (Å²) in [6.07, 6.45) is 7.36. The maximum Gasteiger partial charge on any atom is 0.317 e. The number of nitrogens with zero attached hydrogens (tertiary/aromatic N) is 3. The maximum absolute atomic E-state index is 13.4. The van der Waals surface area contributed by atoms with Gasteiger partial charge in [0.05, 0.1) is 0 Å². The molecule has 3 aromatic rings. The summed E-state index contributed by atoms with van der Waals surface area (Å²) in [5.74, 6) is 0.636. The zero-order valence-electron chi connectivity index (χ0n) is 24.1. The Morgan fingerprint density at radius 1 is 1.27 bits per heavy atom. The van der Waals surface area contributed by atoms with Gasteiger partial charge < -0.3 is 25.5 Å². The second kappa shape index (κ2) is 12.6. The molecule has 0 saturated carbocycles. The van der Waals surface area contributed by atoms with E-state index in [0.29, 0.717) is 31.1 Å². The van der Waals surface area contributed by atoms with E-state index in [0.717, 1.165) is 84.2 Å². The van der Waals surface area contributed by atoms with Crippen molar-refractivity contribution in [1.82, 2.24) is 20.1 Å². The van der Waals surface area contributed by atoms with Crippen LogP contribution in [0.4, 0.5) is 4.79 Å². The van der Waals surface area contributed by atoms with Gasteiger partial charge in [-0.25, -0.2) is 9.78 Å². The number of rotatable bonds is 9. The van der Waals surface area contributed by atoms with Crippen molar-refractivity contribution in [2.45, 2.75) is 58.5 Å². The Morgan fingerprint density at radius 3 is 2.90 bits per heavy atom. The minimum atomic E-state index is -0.0469. The van der Waals surface area contributed by atoms with E-state index in [1.54, 1.807) is 0 Å². The number of piperidine rings is 1. The number of urea groups is 1. The molecule has 41 heavy (non-hydrogen) atoms. The lowest BCUT2D eigenvalue weighted by Crippen LogP contribution is -2.52. The number of oxazole rings is 1. The summed E-state index contributed by atoms with van der Waals surface area (Å²) in [7, 11) is 0. The number of hydrogen-bond acceptors (Lipinski definition) is 6. The van der Waals surface area contributed by atoms with Crippen LogP contribution in [0.3, 0.4) is 0 Å². The molecule has 0 unspecified atom stereocenters. The minimum Gasteiger partial charge on any atom is -0.441 e. The molecule has 0 aliphatic carbocycles. The van der Waals surface area contributed by atoms with Gasteiger partial charge in [0.25, 0.3) is 0 Å². The average molecular weight is 553 g/mol. The van der Waals surface area contributed by atoms with Crippen molar-refractivity contribution in [2.75, 3.05) is 26.2 Å². The van der Waals surface area contributed by atoms with E-state index in [2.05, 4.69) is 34.8 Å². The van der Waals surface area contributed by atoms with Gasteiger partial charge in [-0.1, -0.05) is 49.4 Å². The minimum absolute atomic E-state index is 0.0469. The Bertz CT molecular complexity index is 1500. The third-order valence-corrected chi connectivity index (χ3v) is 8.29. The predicted octanol–water partition coefficient (Wildman–Crippen LogP) is 6.13. The van der Waals surface area contributed by atoms with Crippen molar-refractivity contribution in [3.8, 4) is 0 Å². The van der Waals surface area contributed by atoms with Crippen molar-refractivity contribution in [1.29, 1.82) is 10.8 Å². The van der Waals surface area contributed by atoms with Gasteiger partial charge in [-0.15, -0.1) is 0 Å². The summed E-state index contributed by atoms with van der Waals surface area (Å²) in [6.45, 7) is 11.6. The van der Waals surface area contributed by atoms with Crippen LogP contribution in [-0.4, -0.2) is 65.0 Å². The van der Waals surface area contributed by atoms with Gasteiger partial charge in [0, 0.05) is 57.5 Å². The lowest BCUT2D eigenvalue weighted by Gasteiger charge is -2.36. The van der Waals surface area contributed by atoms with Gasteiger partial charge in [0.2, 0.25) is 0 Å². The molecule has 8 nitrogen and oxygen atoms in total. The Labute approximate surface area is 242 Å². The largest absolute Gasteiger partial charge is 0.441 e. The van der Waals surface area contributed by atoms with E-state index in [4.69, 9.17) is 15.2 Å². The number of hydrogen-bond donors (Lipinski definition) is 3. The lowest BCUT2D eigenvalue weighted by atomic mass is 9.91. The van der Waals surface area contributed by atoms with Crippen LogP contribution in [0.15, 0.2) is 58.5 Å². The van der Waals surface area contributed by atoms with Crippen molar-refractivity contribution in [3.05, 3.63) is 82.3 Å². The normalized spacial score (nSPS) is 18.0. The highest BCUT2D eigenvalue weighted by molar-refractivity contribution is 6.01. The second-order valence-corrected chi connectivity index (χ2v) is 11.1. The molecule has 1 atom stereocenters. The van der Waals surface area contributed by atoms with Gasteiger partial charge in [-0.05, 0) is 72.2 Å². The fourth-order valence-electron chi connectivity index (χ4n) is 6.15. The summed E-state index contributed by atoms with van der Waals surface area (Å²) in [5, 5.41) is 20.0. The van der Waals surface area contributed by atoms with Gasteiger partial charge in [-0.2, -0.15) is 0 Å². The van der Waals surface area contributed by atoms with Gasteiger partial charge in [-0.3, -0.25) is 4.90 Å². The molecule has 0 spiro atoms. The van der Waals surface area contributed by atoms with Gasteiger partial charge in [0.15, 0.2) is 11.5 Å². The first-order chi connectivity index (χ1) is 19.9. The number of aromatic nitrogens is 1. The third-order valence-electron chi connectivity index (χ3n) is 8.29. The van der Waals surface area contributed by atoms with E-state index in [-0.39, 0.29) is 12.1 Å². The molecule has 1 aromatic heterocycles. The van der Waals surface area contributed by atoms with Crippen molar-refractivity contribution < 1.29 is 9.21 Å². The summed E-state index contributed by atoms with van der Waals surface area (Å²) in [6, 6.07) is 12.0. The highest BCUT2D eigenvalue weighted by Gasteiger charge is 2.28.